The number of amides is 1. The fourth-order valence-electron chi connectivity index (χ4n) is 1.97. The van der Waals surface area contributed by atoms with Gasteiger partial charge in [0.2, 0.25) is 0 Å². The van der Waals surface area contributed by atoms with E-state index < -0.39 is 0 Å². The number of nitrogens with zero attached hydrogens (tertiary/aromatic N) is 1. The fourth-order valence-corrected chi connectivity index (χ4v) is 3.21. The van der Waals surface area contributed by atoms with E-state index in [0.717, 1.165) is 6.54 Å². The fraction of sp³-hybridized carbons (Fsp3) is 0.429. The minimum Gasteiger partial charge on any atom is -0.351 e. The summed E-state index contributed by atoms with van der Waals surface area (Å²) >= 11 is 1.95. The maximum Gasteiger partial charge on any atom is 0.251 e. The zero-order valence-electron chi connectivity index (χ0n) is 10.2. The van der Waals surface area contributed by atoms with Gasteiger partial charge in [-0.2, -0.15) is 17.0 Å². The van der Waals surface area contributed by atoms with Crippen LogP contribution in [0.4, 0.5) is 0 Å². The number of benzene rings is 1. The number of rotatable bonds is 3. The highest BCUT2D eigenvalue weighted by Crippen LogP contribution is 2.24. The van der Waals surface area contributed by atoms with Gasteiger partial charge < -0.3 is 5.32 Å². The highest BCUT2D eigenvalue weighted by atomic mass is 32.2. The van der Waals surface area contributed by atoms with Crippen molar-refractivity contribution in [1.82, 2.24) is 5.32 Å². The summed E-state index contributed by atoms with van der Waals surface area (Å²) in [7, 11) is 0. The Morgan fingerprint density at radius 3 is 2.78 bits per heavy atom. The molecule has 1 saturated heterocycles. The maximum absolute atomic E-state index is 11.9. The molecule has 3 nitrogen and oxygen atoms in total. The Balaban J connectivity index is 1.85. The van der Waals surface area contributed by atoms with Gasteiger partial charge in [0.15, 0.2) is 0 Å². The molecule has 0 bridgehead atoms. The van der Waals surface area contributed by atoms with Crippen molar-refractivity contribution in [3.63, 3.8) is 0 Å². The summed E-state index contributed by atoms with van der Waals surface area (Å²) in [6.07, 6.45) is 3.76. The van der Waals surface area contributed by atoms with E-state index in [2.05, 4.69) is 5.32 Å². The number of thioether (sulfide) groups is 1. The maximum atomic E-state index is 11.9. The third-order valence-electron chi connectivity index (χ3n) is 3.04. The van der Waals surface area contributed by atoms with Crippen LogP contribution in [0.2, 0.25) is 0 Å². The second kappa shape index (κ2) is 6.46. The molecule has 94 valence electrons. The Bertz CT molecular complexity index is 444. The van der Waals surface area contributed by atoms with E-state index in [1.807, 2.05) is 17.8 Å². The van der Waals surface area contributed by atoms with Gasteiger partial charge in [-0.3, -0.25) is 4.79 Å². The number of hydrogen-bond acceptors (Lipinski definition) is 3. The van der Waals surface area contributed by atoms with E-state index >= 15 is 0 Å². The van der Waals surface area contributed by atoms with Crippen molar-refractivity contribution >= 4 is 17.7 Å². The SMILES string of the molecule is N#Cc1ccc(C(=O)NCC2CCCCS2)cc1. The predicted molar refractivity (Wildman–Crippen MR) is 73.6 cm³/mol. The third-order valence-corrected chi connectivity index (χ3v) is 4.44. The van der Waals surface area contributed by atoms with Crippen molar-refractivity contribution in [2.75, 3.05) is 12.3 Å². The molecule has 0 radical (unpaired) electrons. The number of carbonyl (C=O) groups is 1. The molecule has 1 N–H and O–H groups in total. The first-order chi connectivity index (χ1) is 8.79. The highest BCUT2D eigenvalue weighted by molar-refractivity contribution is 7.99. The summed E-state index contributed by atoms with van der Waals surface area (Å²) in [6.45, 7) is 0.740. The van der Waals surface area contributed by atoms with Crippen LogP contribution in [-0.2, 0) is 0 Å². The Hall–Kier alpha value is -1.47. The zero-order valence-corrected chi connectivity index (χ0v) is 11.0. The van der Waals surface area contributed by atoms with Crippen LogP contribution in [0, 0.1) is 11.3 Å². The summed E-state index contributed by atoms with van der Waals surface area (Å²) in [4.78, 5) is 11.9. The van der Waals surface area contributed by atoms with Gasteiger partial charge in [0.25, 0.3) is 5.91 Å². The standard InChI is InChI=1S/C14H16N2OS/c15-9-11-4-6-12(7-5-11)14(17)16-10-13-3-1-2-8-18-13/h4-7,13H,1-3,8,10H2,(H,16,17). The molecule has 1 fully saturated rings. The summed E-state index contributed by atoms with van der Waals surface area (Å²) in [5.74, 6) is 1.16. The van der Waals surface area contributed by atoms with E-state index in [0.29, 0.717) is 16.4 Å². The van der Waals surface area contributed by atoms with Gasteiger partial charge in [0.1, 0.15) is 0 Å². The van der Waals surface area contributed by atoms with Crippen molar-refractivity contribution in [1.29, 1.82) is 5.26 Å². The molecular formula is C14H16N2OS. The molecule has 1 aromatic carbocycles. The van der Waals surface area contributed by atoms with Crippen molar-refractivity contribution < 1.29 is 4.79 Å². The van der Waals surface area contributed by atoms with Gasteiger partial charge in [-0.1, -0.05) is 6.42 Å². The van der Waals surface area contributed by atoms with Gasteiger partial charge in [-0.05, 0) is 42.9 Å². The largest absolute Gasteiger partial charge is 0.351 e. The molecule has 0 aromatic heterocycles. The molecule has 0 aliphatic carbocycles. The van der Waals surface area contributed by atoms with Crippen molar-refractivity contribution in [2.24, 2.45) is 0 Å². The lowest BCUT2D eigenvalue weighted by molar-refractivity contribution is 0.0953. The molecule has 1 amide bonds. The van der Waals surface area contributed by atoms with E-state index in [1.54, 1.807) is 24.3 Å². The van der Waals surface area contributed by atoms with Gasteiger partial charge in [-0.25, -0.2) is 0 Å². The minimum absolute atomic E-state index is 0.0503. The minimum atomic E-state index is -0.0503. The number of nitriles is 1. The zero-order chi connectivity index (χ0) is 12.8. The number of nitrogens with one attached hydrogen (secondary N) is 1. The normalized spacial score (nSPS) is 18.9. The summed E-state index contributed by atoms with van der Waals surface area (Å²) in [5.41, 5.74) is 1.20. The van der Waals surface area contributed by atoms with Crippen LogP contribution in [-0.4, -0.2) is 23.5 Å². The molecule has 1 unspecified atom stereocenters. The Labute approximate surface area is 112 Å². The first-order valence-electron chi connectivity index (χ1n) is 6.19. The molecule has 1 heterocycles. The topological polar surface area (TPSA) is 52.9 Å². The summed E-state index contributed by atoms with van der Waals surface area (Å²) in [5, 5.41) is 12.2. The summed E-state index contributed by atoms with van der Waals surface area (Å²) < 4.78 is 0. The monoisotopic (exact) mass is 260 g/mol. The molecule has 0 spiro atoms. The predicted octanol–water partition coefficient (Wildman–Crippen LogP) is 2.57. The molecule has 2 rings (SSSR count). The van der Waals surface area contributed by atoms with Crippen LogP contribution in [0.15, 0.2) is 24.3 Å². The van der Waals surface area contributed by atoms with Crippen LogP contribution >= 0.6 is 11.8 Å². The van der Waals surface area contributed by atoms with Crippen LogP contribution in [0.1, 0.15) is 35.2 Å². The molecular weight excluding hydrogens is 244 g/mol. The van der Waals surface area contributed by atoms with E-state index in [1.165, 1.54) is 25.0 Å². The lowest BCUT2D eigenvalue weighted by Crippen LogP contribution is -2.31. The molecule has 1 aromatic rings. The molecule has 1 aliphatic rings. The van der Waals surface area contributed by atoms with Crippen molar-refractivity contribution in [2.45, 2.75) is 24.5 Å². The second-order valence-corrected chi connectivity index (χ2v) is 5.80. The second-order valence-electron chi connectivity index (χ2n) is 4.39. The molecule has 1 atom stereocenters. The van der Waals surface area contributed by atoms with E-state index in [-0.39, 0.29) is 5.91 Å². The average molecular weight is 260 g/mol. The lowest BCUT2D eigenvalue weighted by Gasteiger charge is -2.21. The molecule has 4 heteroatoms. The van der Waals surface area contributed by atoms with Crippen LogP contribution in [0.3, 0.4) is 0 Å². The lowest BCUT2D eigenvalue weighted by atomic mass is 10.1. The first kappa shape index (κ1) is 13.0. The quantitative estimate of drug-likeness (QED) is 0.908. The first-order valence-corrected chi connectivity index (χ1v) is 7.24. The van der Waals surface area contributed by atoms with Gasteiger partial charge in [0, 0.05) is 17.4 Å². The Morgan fingerprint density at radius 2 is 2.17 bits per heavy atom. The Kier molecular flexibility index (Phi) is 4.66. The molecule has 0 saturated carbocycles. The average Bonchev–Trinajstić information content (AvgIpc) is 2.46. The Morgan fingerprint density at radius 1 is 1.39 bits per heavy atom. The smallest absolute Gasteiger partial charge is 0.251 e. The van der Waals surface area contributed by atoms with Crippen LogP contribution in [0.5, 0.6) is 0 Å². The third kappa shape index (κ3) is 3.51. The van der Waals surface area contributed by atoms with Gasteiger partial charge in [-0.15, -0.1) is 0 Å². The molecule has 1 aliphatic heterocycles. The summed E-state index contributed by atoms with van der Waals surface area (Å²) in [6, 6.07) is 8.78. The van der Waals surface area contributed by atoms with Gasteiger partial charge in [0.05, 0.1) is 11.6 Å². The molecule has 18 heavy (non-hydrogen) atoms. The van der Waals surface area contributed by atoms with Crippen LogP contribution < -0.4 is 5.32 Å². The van der Waals surface area contributed by atoms with E-state index in [4.69, 9.17) is 5.26 Å². The highest BCUT2D eigenvalue weighted by Gasteiger charge is 2.15. The van der Waals surface area contributed by atoms with Crippen molar-refractivity contribution in [3.8, 4) is 6.07 Å². The van der Waals surface area contributed by atoms with Crippen LogP contribution in [0.25, 0.3) is 0 Å². The van der Waals surface area contributed by atoms with Gasteiger partial charge >= 0.3 is 0 Å². The number of hydrogen-bond donors (Lipinski definition) is 1. The van der Waals surface area contributed by atoms with Crippen molar-refractivity contribution in [3.05, 3.63) is 35.4 Å². The number of carbonyl (C=O) groups excluding carboxylic acids is 1. The van der Waals surface area contributed by atoms with E-state index in [9.17, 15) is 4.79 Å².